The number of rotatable bonds is 4. The molecule has 0 saturated heterocycles. The van der Waals surface area contributed by atoms with E-state index in [-0.39, 0.29) is 0 Å². The van der Waals surface area contributed by atoms with Crippen molar-refractivity contribution in [2.75, 3.05) is 19.0 Å². The Kier molecular flexibility index (Phi) is 4.93. The Bertz CT molecular complexity index is 988. The van der Waals surface area contributed by atoms with Crippen molar-refractivity contribution in [2.45, 2.75) is 0 Å². The normalized spacial score (nSPS) is 10.7. The van der Waals surface area contributed by atoms with E-state index in [2.05, 4.69) is 115 Å². The molecule has 0 amide bonds. The van der Waals surface area contributed by atoms with Crippen LogP contribution >= 0.6 is 0 Å². The fraction of sp³-hybridized carbons (Fsp3) is 0.0870. The first-order valence-electron chi connectivity index (χ1n) is 8.66. The maximum absolute atomic E-state index is 2.38. The van der Waals surface area contributed by atoms with Gasteiger partial charge in [0, 0.05) is 0 Å². The first kappa shape index (κ1) is 17.1. The van der Waals surface area contributed by atoms with E-state index < -0.39 is 20.4 Å². The Morgan fingerprint density at radius 1 is 0.731 bits per heavy atom. The number of nitrogens with zero attached hydrogens (tertiary/aromatic N) is 2. The summed E-state index contributed by atoms with van der Waals surface area (Å²) in [6, 6.07) is 28.3. The molecule has 4 aromatic rings. The Balaban J connectivity index is 1.85. The molecule has 0 aliphatic carbocycles. The van der Waals surface area contributed by atoms with Gasteiger partial charge in [-0.3, -0.25) is 0 Å². The van der Waals surface area contributed by atoms with Gasteiger partial charge in [0.1, 0.15) is 0 Å². The second-order valence-electron chi connectivity index (χ2n) is 6.42. The van der Waals surface area contributed by atoms with Crippen molar-refractivity contribution in [1.82, 2.24) is 0 Å². The average molecular weight is 453 g/mol. The molecule has 128 valence electrons. The van der Waals surface area contributed by atoms with Crippen LogP contribution in [0.2, 0.25) is 0 Å². The van der Waals surface area contributed by atoms with Crippen molar-refractivity contribution in [1.29, 1.82) is 0 Å². The van der Waals surface area contributed by atoms with Crippen LogP contribution in [0.25, 0.3) is 24.0 Å². The van der Waals surface area contributed by atoms with Crippen molar-refractivity contribution in [3.8, 4) is 24.0 Å². The van der Waals surface area contributed by atoms with Crippen LogP contribution < -0.4 is 9.47 Å². The summed E-state index contributed by atoms with van der Waals surface area (Å²) < 4.78 is 5.25. The monoisotopic (exact) mass is 455 g/mol. The van der Waals surface area contributed by atoms with Gasteiger partial charge >= 0.3 is 165 Å². The van der Waals surface area contributed by atoms with Crippen LogP contribution in [0.1, 0.15) is 0 Å². The van der Waals surface area contributed by atoms with Crippen molar-refractivity contribution in [3.05, 3.63) is 91.3 Å². The Morgan fingerprint density at radius 2 is 1.31 bits per heavy atom. The number of pyridine rings is 1. The molecule has 2 aromatic carbocycles. The third kappa shape index (κ3) is 3.46. The summed E-state index contributed by atoms with van der Waals surface area (Å²) in [5, 5.41) is 0. The Labute approximate surface area is 164 Å². The third-order valence-corrected chi connectivity index (χ3v) is 7.90. The minimum atomic E-state index is -0.438. The van der Waals surface area contributed by atoms with Crippen molar-refractivity contribution in [3.63, 3.8) is 0 Å². The van der Waals surface area contributed by atoms with Crippen LogP contribution in [0.5, 0.6) is 0 Å². The number of hydrogen-bond acceptors (Lipinski definition) is 1. The third-order valence-electron chi connectivity index (χ3n) is 4.41. The van der Waals surface area contributed by atoms with Crippen LogP contribution in [-0.4, -0.2) is 34.5 Å². The van der Waals surface area contributed by atoms with Crippen molar-refractivity contribution >= 4 is 26.1 Å². The van der Waals surface area contributed by atoms with Gasteiger partial charge in [-0.15, -0.1) is 0 Å². The van der Waals surface area contributed by atoms with Gasteiger partial charge < -0.3 is 0 Å². The van der Waals surface area contributed by atoms with Gasteiger partial charge in [0.05, 0.1) is 0 Å². The van der Waals surface area contributed by atoms with Crippen LogP contribution in [0, 0.1) is 0 Å². The molecule has 0 N–H and O–H groups in total. The molecule has 0 radical (unpaired) electrons. The number of anilines is 1. The summed E-state index contributed by atoms with van der Waals surface area (Å²) in [5.41, 5.74) is 5.22. The standard InChI is InChI=1S/C23H21N2Te/c1-24(2)20-13-15-25(16-14-20)21-17-22(18-9-5-3-6-10-18)26-23(21)19-11-7-4-8-12-19/h3-17H,1-2H3/q+1. The Morgan fingerprint density at radius 3 is 1.88 bits per heavy atom. The fourth-order valence-corrected chi connectivity index (χ4v) is 6.32. The van der Waals surface area contributed by atoms with Crippen LogP contribution in [0.4, 0.5) is 5.69 Å². The zero-order valence-corrected chi connectivity index (χ0v) is 17.3. The molecule has 2 aromatic heterocycles. The van der Waals surface area contributed by atoms with Gasteiger partial charge in [-0.05, 0) is 0 Å². The van der Waals surface area contributed by atoms with Crippen molar-refractivity contribution < 1.29 is 4.57 Å². The van der Waals surface area contributed by atoms with E-state index in [4.69, 9.17) is 0 Å². The van der Waals surface area contributed by atoms with Crippen LogP contribution in [-0.2, 0) is 0 Å². The summed E-state index contributed by atoms with van der Waals surface area (Å²) in [5.74, 6) is 0. The molecule has 0 spiro atoms. The van der Waals surface area contributed by atoms with E-state index in [1.165, 1.54) is 29.7 Å². The van der Waals surface area contributed by atoms with Gasteiger partial charge in [-0.1, -0.05) is 0 Å². The second kappa shape index (κ2) is 7.50. The van der Waals surface area contributed by atoms with Crippen LogP contribution in [0.15, 0.2) is 91.3 Å². The predicted molar refractivity (Wildman–Crippen MR) is 110 cm³/mol. The molecule has 0 fully saturated rings. The number of benzene rings is 2. The minimum absolute atomic E-state index is 0.438. The molecule has 0 aliphatic rings. The van der Waals surface area contributed by atoms with E-state index in [9.17, 15) is 0 Å². The zero-order valence-electron chi connectivity index (χ0n) is 15.0. The average Bonchev–Trinajstić information content (AvgIpc) is 3.15. The van der Waals surface area contributed by atoms with Crippen LogP contribution in [0.3, 0.4) is 0 Å². The molecule has 0 bridgehead atoms. The van der Waals surface area contributed by atoms with E-state index >= 15 is 0 Å². The molecular weight excluding hydrogens is 432 g/mol. The molecule has 0 unspecified atom stereocenters. The molecule has 4 rings (SSSR count). The van der Waals surface area contributed by atoms with Gasteiger partial charge in [-0.2, -0.15) is 0 Å². The predicted octanol–water partition coefficient (Wildman–Crippen LogP) is 4.42. The molecule has 0 atom stereocenters. The summed E-state index contributed by atoms with van der Waals surface area (Å²) >= 11 is -0.438. The quantitative estimate of drug-likeness (QED) is 0.328. The van der Waals surface area contributed by atoms with Crippen molar-refractivity contribution in [2.24, 2.45) is 0 Å². The summed E-state index contributed by atoms with van der Waals surface area (Å²) in [7, 11) is 4.15. The van der Waals surface area contributed by atoms with E-state index in [1.807, 2.05) is 0 Å². The van der Waals surface area contributed by atoms with Gasteiger partial charge in [0.25, 0.3) is 0 Å². The van der Waals surface area contributed by atoms with Gasteiger partial charge in [0.2, 0.25) is 0 Å². The molecule has 26 heavy (non-hydrogen) atoms. The molecule has 0 aliphatic heterocycles. The SMILES string of the molecule is CN(C)c1cc[n+](-c2cc(-c3ccccc3)[te]c2-c2ccccc2)cc1. The number of hydrogen-bond donors (Lipinski definition) is 0. The molecule has 2 heterocycles. The summed E-state index contributed by atoms with van der Waals surface area (Å²) in [4.78, 5) is 2.13. The van der Waals surface area contributed by atoms with Gasteiger partial charge in [0.15, 0.2) is 0 Å². The second-order valence-corrected chi connectivity index (χ2v) is 9.42. The topological polar surface area (TPSA) is 7.12 Å². The van der Waals surface area contributed by atoms with E-state index in [0.29, 0.717) is 0 Å². The molecule has 0 saturated carbocycles. The van der Waals surface area contributed by atoms with E-state index in [1.54, 1.807) is 0 Å². The molecule has 2 nitrogen and oxygen atoms in total. The fourth-order valence-electron chi connectivity index (χ4n) is 2.99. The summed E-state index contributed by atoms with van der Waals surface area (Å²) in [6.45, 7) is 0. The molecule has 3 heteroatoms. The first-order valence-corrected chi connectivity index (χ1v) is 11.0. The van der Waals surface area contributed by atoms with E-state index in [0.717, 1.165) is 0 Å². The zero-order chi connectivity index (χ0) is 17.9. The number of aromatic nitrogens is 1. The Hall–Kier alpha value is -2.34. The maximum atomic E-state index is 2.38. The first-order chi connectivity index (χ1) is 12.7. The van der Waals surface area contributed by atoms with Gasteiger partial charge in [-0.25, -0.2) is 0 Å². The summed E-state index contributed by atoms with van der Waals surface area (Å²) in [6.07, 6.45) is 4.34. The molecular formula is C23H21N2Te+.